The molecule has 3 heterocycles. The Morgan fingerprint density at radius 2 is 1.58 bits per heavy atom. The maximum atomic E-state index is 14.4. The van der Waals surface area contributed by atoms with Crippen LogP contribution >= 0.6 is 0 Å². The van der Waals surface area contributed by atoms with E-state index in [0.29, 0.717) is 36.8 Å². The molecule has 276 valence electrons. The van der Waals surface area contributed by atoms with E-state index in [0.717, 1.165) is 22.3 Å². The van der Waals surface area contributed by atoms with Gasteiger partial charge in [0.25, 0.3) is 8.32 Å². The quantitative estimate of drug-likeness (QED) is 0.0715. The lowest BCUT2D eigenvalue weighted by molar-refractivity contribution is 0.0519. The van der Waals surface area contributed by atoms with Gasteiger partial charge in [-0.2, -0.15) is 0 Å². The summed E-state index contributed by atoms with van der Waals surface area (Å²) >= 11 is -1.38. The van der Waals surface area contributed by atoms with Crippen LogP contribution in [-0.2, 0) is 27.1 Å². The molecule has 1 aliphatic heterocycles. The van der Waals surface area contributed by atoms with E-state index in [9.17, 15) is 9.35 Å². The molecule has 0 aliphatic carbocycles. The van der Waals surface area contributed by atoms with Gasteiger partial charge in [0.05, 0.1) is 24.9 Å². The molecule has 6 rings (SSSR count). The van der Waals surface area contributed by atoms with E-state index in [1.807, 2.05) is 75.4 Å². The van der Waals surface area contributed by atoms with Crippen molar-refractivity contribution in [2.75, 3.05) is 13.2 Å². The third kappa shape index (κ3) is 7.72. The highest BCUT2D eigenvalue weighted by Gasteiger charge is 2.51. The van der Waals surface area contributed by atoms with Gasteiger partial charge < -0.3 is 18.1 Å². The van der Waals surface area contributed by atoms with Gasteiger partial charge >= 0.3 is 5.97 Å². The highest BCUT2D eigenvalue weighted by atomic mass is 32.2. The highest BCUT2D eigenvalue weighted by Crippen LogP contribution is 2.46. The third-order valence-corrected chi connectivity index (χ3v) is 16.6. The van der Waals surface area contributed by atoms with Crippen LogP contribution in [0, 0.1) is 0 Å². The zero-order valence-electron chi connectivity index (χ0n) is 31.8. The first-order valence-corrected chi connectivity index (χ1v) is 21.3. The van der Waals surface area contributed by atoms with Crippen molar-refractivity contribution in [3.05, 3.63) is 132 Å². The number of furan rings is 1. The molecule has 2 aromatic heterocycles. The lowest BCUT2D eigenvalue weighted by atomic mass is 9.95. The minimum Gasteiger partial charge on any atom is -0.597 e. The summed E-state index contributed by atoms with van der Waals surface area (Å²) in [4.78, 5) is 18.3. The fourth-order valence-corrected chi connectivity index (χ4v) is 13.4. The average Bonchev–Trinajstić information content (AvgIpc) is 3.78. The number of ether oxygens (including phenoxy) is 1. The molecular weight excluding hydrogens is 697 g/mol. The Labute approximate surface area is 318 Å². The summed E-state index contributed by atoms with van der Waals surface area (Å²) in [5.74, 6) is 0.886. The molecule has 2 atom stereocenters. The summed E-state index contributed by atoms with van der Waals surface area (Å²) in [7, 11) is -2.84. The van der Waals surface area contributed by atoms with Crippen LogP contribution in [0.1, 0.15) is 88.3 Å². The molecule has 0 bridgehead atoms. The molecule has 0 saturated heterocycles. The SMILES string of the molecule is C=Cc1ccc(-c2cccc(-c3nc(C(=O)OCC)cc4c3[C@@H](CCO[Si](c3ccccc3)(c3ccccc3)C(C)(C)C)N([S@+]([O-])C(C)(C)C)C4)c2)o1. The second-order valence-corrected chi connectivity index (χ2v) is 21.9. The summed E-state index contributed by atoms with van der Waals surface area (Å²) in [5, 5.41) is 2.21. The predicted octanol–water partition coefficient (Wildman–Crippen LogP) is 9.11. The largest absolute Gasteiger partial charge is 0.597 e. The van der Waals surface area contributed by atoms with E-state index in [1.165, 1.54) is 10.4 Å². The normalized spacial score (nSPS) is 15.6. The summed E-state index contributed by atoms with van der Waals surface area (Å²) in [6.07, 6.45) is 2.24. The van der Waals surface area contributed by atoms with E-state index >= 15 is 0 Å². The first kappa shape index (κ1) is 38.5. The number of nitrogens with zero attached hydrogens (tertiary/aromatic N) is 2. The van der Waals surface area contributed by atoms with Crippen LogP contribution in [0.25, 0.3) is 28.7 Å². The Hall–Kier alpha value is -4.25. The zero-order valence-corrected chi connectivity index (χ0v) is 33.7. The number of hydrogen-bond acceptors (Lipinski definition) is 7. The molecule has 1 aliphatic rings. The number of carbonyl (C=O) groups is 1. The van der Waals surface area contributed by atoms with E-state index in [-0.39, 0.29) is 23.4 Å². The minimum atomic E-state index is -2.84. The van der Waals surface area contributed by atoms with E-state index in [1.54, 1.807) is 13.0 Å². The standard InChI is InChI=1S/C44H50N2O5SSi/c1-9-34-24-25-39(51-34)31-18-17-19-32(28-31)41-40-33(29-37(45-41)42(47)49-10-2)30-46(52(48)43(3,4)5)38(40)26-27-50-53(44(6,7)8,35-20-13-11-14-21-35)36-22-15-12-16-23-36/h9,11-25,28-29,38H,1,10,26-27,30H2,2-8H3/t38-,52-/m1/s1. The molecule has 3 aromatic carbocycles. The summed E-state index contributed by atoms with van der Waals surface area (Å²) in [6.45, 7) is 19.5. The molecule has 0 amide bonds. The number of pyridine rings is 1. The first-order valence-electron chi connectivity index (χ1n) is 18.3. The predicted molar refractivity (Wildman–Crippen MR) is 218 cm³/mol. The van der Waals surface area contributed by atoms with Crippen LogP contribution in [0.5, 0.6) is 0 Å². The van der Waals surface area contributed by atoms with Crippen molar-refractivity contribution < 1.29 is 22.9 Å². The van der Waals surface area contributed by atoms with Gasteiger partial charge in [0.1, 0.15) is 22.0 Å². The van der Waals surface area contributed by atoms with Gasteiger partial charge in [0.15, 0.2) is 0 Å². The fourth-order valence-electron chi connectivity index (χ4n) is 7.40. The number of fused-ring (bicyclic) bond motifs is 1. The zero-order chi connectivity index (χ0) is 38.0. The Bertz CT molecular complexity index is 2010. The molecule has 0 fully saturated rings. The monoisotopic (exact) mass is 746 g/mol. The van der Waals surface area contributed by atoms with Crippen molar-refractivity contribution in [1.29, 1.82) is 0 Å². The Morgan fingerprint density at radius 3 is 2.15 bits per heavy atom. The number of rotatable bonds is 12. The second-order valence-electron chi connectivity index (χ2n) is 15.4. The van der Waals surface area contributed by atoms with Crippen LogP contribution in [0.3, 0.4) is 0 Å². The molecule has 5 aromatic rings. The Balaban J connectivity index is 1.48. The topological polar surface area (TPSA) is 87.9 Å². The van der Waals surface area contributed by atoms with Gasteiger partial charge in [-0.1, -0.05) is 106 Å². The third-order valence-electron chi connectivity index (χ3n) is 9.75. The highest BCUT2D eigenvalue weighted by molar-refractivity contribution is 7.90. The number of hydrogen-bond donors (Lipinski definition) is 0. The van der Waals surface area contributed by atoms with Crippen LogP contribution in [0.4, 0.5) is 0 Å². The van der Waals surface area contributed by atoms with Gasteiger partial charge in [-0.3, -0.25) is 0 Å². The van der Waals surface area contributed by atoms with Crippen molar-refractivity contribution in [2.45, 2.75) is 77.3 Å². The Morgan fingerprint density at radius 1 is 0.943 bits per heavy atom. The summed E-state index contributed by atoms with van der Waals surface area (Å²) < 4.78 is 34.8. The van der Waals surface area contributed by atoms with Crippen LogP contribution < -0.4 is 10.4 Å². The number of esters is 1. The second kappa shape index (κ2) is 15.6. The van der Waals surface area contributed by atoms with E-state index < -0.39 is 30.4 Å². The van der Waals surface area contributed by atoms with Gasteiger partial charge in [-0.15, -0.1) is 4.31 Å². The maximum Gasteiger partial charge on any atom is 0.356 e. The van der Waals surface area contributed by atoms with Gasteiger partial charge in [-0.05, 0) is 85.4 Å². The molecule has 0 spiro atoms. The van der Waals surface area contributed by atoms with Crippen molar-refractivity contribution >= 4 is 42.1 Å². The Kier molecular flexibility index (Phi) is 11.3. The molecule has 0 N–H and O–H groups in total. The smallest absolute Gasteiger partial charge is 0.356 e. The molecular formula is C44H50N2O5SSi. The molecule has 9 heteroatoms. The lowest BCUT2D eigenvalue weighted by Crippen LogP contribution is -2.66. The van der Waals surface area contributed by atoms with Crippen molar-refractivity contribution in [2.24, 2.45) is 0 Å². The molecule has 0 unspecified atom stereocenters. The average molecular weight is 747 g/mol. The van der Waals surface area contributed by atoms with Crippen LogP contribution in [-0.4, -0.2) is 46.1 Å². The fraction of sp³-hybridized carbons (Fsp3) is 0.318. The molecule has 53 heavy (non-hydrogen) atoms. The van der Waals surface area contributed by atoms with Gasteiger partial charge in [0, 0.05) is 34.7 Å². The van der Waals surface area contributed by atoms with Crippen LogP contribution in [0.15, 0.2) is 114 Å². The molecule has 0 radical (unpaired) electrons. The molecule has 0 saturated carbocycles. The van der Waals surface area contributed by atoms with Crippen molar-refractivity contribution in [3.63, 3.8) is 0 Å². The van der Waals surface area contributed by atoms with Crippen LogP contribution in [0.2, 0.25) is 5.04 Å². The van der Waals surface area contributed by atoms with Crippen molar-refractivity contribution in [3.8, 4) is 22.6 Å². The minimum absolute atomic E-state index is 0.198. The number of benzene rings is 3. The maximum absolute atomic E-state index is 14.4. The summed E-state index contributed by atoms with van der Waals surface area (Å²) in [6, 6.07) is 34.5. The number of carbonyl (C=O) groups excluding carboxylic acids is 1. The van der Waals surface area contributed by atoms with E-state index in [2.05, 4.69) is 80.2 Å². The first-order chi connectivity index (χ1) is 25.3. The van der Waals surface area contributed by atoms with E-state index in [4.69, 9.17) is 18.6 Å². The van der Waals surface area contributed by atoms with Gasteiger partial charge in [-0.25, -0.2) is 9.78 Å². The number of aromatic nitrogens is 1. The van der Waals surface area contributed by atoms with Gasteiger partial charge in [0.2, 0.25) is 0 Å². The summed E-state index contributed by atoms with van der Waals surface area (Å²) in [5.41, 5.74) is 4.43. The lowest BCUT2D eigenvalue weighted by Gasteiger charge is -2.43. The van der Waals surface area contributed by atoms with Crippen molar-refractivity contribution in [1.82, 2.24) is 9.29 Å². The molecule has 7 nitrogen and oxygen atoms in total.